The van der Waals surface area contributed by atoms with E-state index in [1.54, 1.807) is 0 Å². The van der Waals surface area contributed by atoms with E-state index in [9.17, 15) is 4.79 Å². The van der Waals surface area contributed by atoms with Gasteiger partial charge >= 0.3 is 0 Å². The third-order valence-electron chi connectivity index (χ3n) is 0.863. The van der Waals surface area contributed by atoms with Crippen LogP contribution >= 0.6 is 0 Å². The predicted molar refractivity (Wildman–Crippen MR) is 32.6 cm³/mol. The molecule has 0 bridgehead atoms. The molecule has 0 radical (unpaired) electrons. The van der Waals surface area contributed by atoms with Crippen LogP contribution in [0, 0.1) is 0 Å². The third-order valence-corrected chi connectivity index (χ3v) is 0.863. The van der Waals surface area contributed by atoms with Crippen LogP contribution in [-0.2, 0) is 4.79 Å². The van der Waals surface area contributed by atoms with E-state index >= 15 is 0 Å². The number of hydrogen-bond acceptors (Lipinski definition) is 2. The molecular formula is C5H12N2O. The van der Waals surface area contributed by atoms with Crippen molar-refractivity contribution in [2.45, 2.75) is 13.0 Å². The molecule has 48 valence electrons. The lowest BCUT2D eigenvalue weighted by Crippen LogP contribution is -2.33. The van der Waals surface area contributed by atoms with Gasteiger partial charge in [-0.25, -0.2) is 0 Å². The summed E-state index contributed by atoms with van der Waals surface area (Å²) in [5.41, 5.74) is 0. The average Bonchev–Trinajstić information content (AvgIpc) is 1.68. The van der Waals surface area contributed by atoms with Crippen molar-refractivity contribution in [2.24, 2.45) is 0 Å². The summed E-state index contributed by atoms with van der Waals surface area (Å²) < 4.78 is 0. The number of hydrogen-bond donors (Lipinski definition) is 2. The fourth-order valence-corrected chi connectivity index (χ4v) is 0.481. The molecule has 3 nitrogen and oxygen atoms in total. The summed E-state index contributed by atoms with van der Waals surface area (Å²) >= 11 is 0. The summed E-state index contributed by atoms with van der Waals surface area (Å²) in [5, 5.41) is 5.53. The van der Waals surface area contributed by atoms with Gasteiger partial charge in [0.2, 0.25) is 6.41 Å². The van der Waals surface area contributed by atoms with Crippen LogP contribution in [0.1, 0.15) is 6.92 Å². The highest BCUT2D eigenvalue weighted by Gasteiger charge is 1.93. The van der Waals surface area contributed by atoms with Gasteiger partial charge in [0.05, 0.1) is 0 Å². The SMILES string of the molecule is CNC[C@H](C)NC=O. The van der Waals surface area contributed by atoms with Crippen molar-refractivity contribution in [1.29, 1.82) is 0 Å². The molecule has 0 fully saturated rings. The number of carbonyl (C=O) groups is 1. The molecule has 0 heterocycles. The number of carbonyl (C=O) groups excluding carboxylic acids is 1. The molecule has 0 unspecified atom stereocenters. The first-order valence-electron chi connectivity index (χ1n) is 2.65. The highest BCUT2D eigenvalue weighted by molar-refractivity contribution is 5.46. The molecular weight excluding hydrogens is 104 g/mol. The van der Waals surface area contributed by atoms with Crippen molar-refractivity contribution in [3.63, 3.8) is 0 Å². The fraction of sp³-hybridized carbons (Fsp3) is 0.800. The van der Waals surface area contributed by atoms with E-state index in [1.807, 2.05) is 14.0 Å². The first kappa shape index (κ1) is 7.43. The van der Waals surface area contributed by atoms with Crippen LogP contribution in [-0.4, -0.2) is 26.0 Å². The monoisotopic (exact) mass is 116 g/mol. The maximum absolute atomic E-state index is 9.75. The Balaban J connectivity index is 3.03. The maximum atomic E-state index is 9.75. The van der Waals surface area contributed by atoms with E-state index in [-0.39, 0.29) is 6.04 Å². The summed E-state index contributed by atoms with van der Waals surface area (Å²) in [6, 6.07) is 0.234. The summed E-state index contributed by atoms with van der Waals surface area (Å²) in [5.74, 6) is 0. The number of nitrogens with one attached hydrogen (secondary N) is 2. The molecule has 2 N–H and O–H groups in total. The van der Waals surface area contributed by atoms with Crippen LogP contribution < -0.4 is 10.6 Å². The fourth-order valence-electron chi connectivity index (χ4n) is 0.481. The van der Waals surface area contributed by atoms with Gasteiger partial charge in [-0.15, -0.1) is 0 Å². The maximum Gasteiger partial charge on any atom is 0.207 e. The van der Waals surface area contributed by atoms with Gasteiger partial charge in [0, 0.05) is 12.6 Å². The highest BCUT2D eigenvalue weighted by Crippen LogP contribution is 1.71. The van der Waals surface area contributed by atoms with Gasteiger partial charge in [0.15, 0.2) is 0 Å². The van der Waals surface area contributed by atoms with Crippen molar-refractivity contribution < 1.29 is 4.79 Å². The Kier molecular flexibility index (Phi) is 4.26. The smallest absolute Gasteiger partial charge is 0.207 e. The Bertz CT molecular complexity index is 65.4. The van der Waals surface area contributed by atoms with E-state index in [1.165, 1.54) is 0 Å². The molecule has 3 heteroatoms. The molecule has 0 saturated carbocycles. The predicted octanol–water partition coefficient (Wildman–Crippen LogP) is -0.660. The first-order chi connectivity index (χ1) is 3.81. The molecule has 8 heavy (non-hydrogen) atoms. The lowest BCUT2D eigenvalue weighted by atomic mass is 10.3. The molecule has 1 amide bonds. The van der Waals surface area contributed by atoms with Crippen molar-refractivity contribution in [3.05, 3.63) is 0 Å². The molecule has 0 aliphatic heterocycles. The number of likely N-dealkylation sites (N-methyl/N-ethyl adjacent to an activating group) is 1. The zero-order valence-electron chi connectivity index (χ0n) is 5.27. The van der Waals surface area contributed by atoms with Crippen molar-refractivity contribution in [1.82, 2.24) is 10.6 Å². The summed E-state index contributed by atoms with van der Waals surface area (Å²) in [4.78, 5) is 9.75. The van der Waals surface area contributed by atoms with Gasteiger partial charge in [0.25, 0.3) is 0 Å². The zero-order chi connectivity index (χ0) is 6.41. The van der Waals surface area contributed by atoms with Gasteiger partial charge in [-0.1, -0.05) is 0 Å². The Labute approximate surface area is 49.5 Å². The molecule has 0 aliphatic rings. The van der Waals surface area contributed by atoms with Crippen LogP contribution in [0.3, 0.4) is 0 Å². The van der Waals surface area contributed by atoms with E-state index < -0.39 is 0 Å². The van der Waals surface area contributed by atoms with Gasteiger partial charge in [-0.05, 0) is 14.0 Å². The summed E-state index contributed by atoms with van der Waals surface area (Å²) in [6.07, 6.45) is 0.710. The Morgan fingerprint density at radius 3 is 2.75 bits per heavy atom. The Hall–Kier alpha value is -0.570. The lowest BCUT2D eigenvalue weighted by Gasteiger charge is -2.06. The zero-order valence-corrected chi connectivity index (χ0v) is 5.27. The molecule has 0 spiro atoms. The van der Waals surface area contributed by atoms with Crippen LogP contribution in [0.2, 0.25) is 0 Å². The minimum Gasteiger partial charge on any atom is -0.355 e. The molecule has 0 aromatic heterocycles. The van der Waals surface area contributed by atoms with Gasteiger partial charge in [-0.2, -0.15) is 0 Å². The van der Waals surface area contributed by atoms with E-state index in [0.29, 0.717) is 6.41 Å². The second-order valence-electron chi connectivity index (χ2n) is 1.74. The molecule has 0 saturated heterocycles. The number of rotatable bonds is 4. The molecule has 0 rings (SSSR count). The van der Waals surface area contributed by atoms with E-state index in [0.717, 1.165) is 6.54 Å². The highest BCUT2D eigenvalue weighted by atomic mass is 16.1. The second-order valence-corrected chi connectivity index (χ2v) is 1.74. The molecule has 0 aromatic carbocycles. The van der Waals surface area contributed by atoms with E-state index in [2.05, 4.69) is 10.6 Å². The van der Waals surface area contributed by atoms with Crippen LogP contribution in [0.5, 0.6) is 0 Å². The van der Waals surface area contributed by atoms with Crippen molar-refractivity contribution in [2.75, 3.05) is 13.6 Å². The molecule has 0 aromatic rings. The minimum absolute atomic E-state index is 0.234. The average molecular weight is 116 g/mol. The minimum atomic E-state index is 0.234. The quantitative estimate of drug-likeness (QED) is 0.479. The van der Waals surface area contributed by atoms with Gasteiger partial charge < -0.3 is 10.6 Å². The number of amides is 1. The van der Waals surface area contributed by atoms with Gasteiger partial charge in [0.1, 0.15) is 0 Å². The second kappa shape index (κ2) is 4.59. The topological polar surface area (TPSA) is 41.1 Å². The Morgan fingerprint density at radius 2 is 2.38 bits per heavy atom. The lowest BCUT2D eigenvalue weighted by molar-refractivity contribution is -0.110. The largest absolute Gasteiger partial charge is 0.355 e. The summed E-state index contributed by atoms with van der Waals surface area (Å²) in [6.45, 7) is 2.75. The van der Waals surface area contributed by atoms with Crippen LogP contribution in [0.4, 0.5) is 0 Å². The normalized spacial score (nSPS) is 12.8. The molecule has 1 atom stereocenters. The standard InChI is InChI=1S/C5H12N2O/c1-5(3-6-2)7-4-8/h4-6H,3H2,1-2H3,(H,7,8)/t5-/m0/s1. The van der Waals surface area contributed by atoms with E-state index in [4.69, 9.17) is 0 Å². The van der Waals surface area contributed by atoms with Gasteiger partial charge in [-0.3, -0.25) is 4.79 Å². The first-order valence-corrected chi connectivity index (χ1v) is 2.65. The summed E-state index contributed by atoms with van der Waals surface area (Å²) in [7, 11) is 1.85. The Morgan fingerprint density at radius 1 is 1.75 bits per heavy atom. The van der Waals surface area contributed by atoms with Crippen molar-refractivity contribution in [3.8, 4) is 0 Å². The van der Waals surface area contributed by atoms with Crippen LogP contribution in [0.15, 0.2) is 0 Å². The molecule has 0 aliphatic carbocycles. The van der Waals surface area contributed by atoms with Crippen LogP contribution in [0.25, 0.3) is 0 Å². The third kappa shape index (κ3) is 3.61. The van der Waals surface area contributed by atoms with Crippen molar-refractivity contribution >= 4 is 6.41 Å².